The third-order valence-corrected chi connectivity index (χ3v) is 7.97. The molecule has 0 spiro atoms. The van der Waals surface area contributed by atoms with Crippen LogP contribution in [0.4, 0.5) is 0 Å². The van der Waals surface area contributed by atoms with Crippen molar-refractivity contribution in [2.24, 2.45) is 0 Å². The first kappa shape index (κ1) is 24.8. The third kappa shape index (κ3) is 3.79. The van der Waals surface area contributed by atoms with Crippen molar-refractivity contribution in [2.45, 2.75) is 0 Å². The Balaban J connectivity index is 1.48. The minimum absolute atomic E-state index is 0.305. The molecular weight excluding hydrogens is 534 g/mol. The van der Waals surface area contributed by atoms with Crippen LogP contribution in [0.1, 0.15) is 20.7 Å². The van der Waals surface area contributed by atoms with E-state index in [0.29, 0.717) is 34.3 Å². The summed E-state index contributed by atoms with van der Waals surface area (Å²) in [4.78, 5) is 42.4. The van der Waals surface area contributed by atoms with Gasteiger partial charge in [-0.1, -0.05) is 97.1 Å². The van der Waals surface area contributed by atoms with Gasteiger partial charge < -0.3 is 4.57 Å². The van der Waals surface area contributed by atoms with Crippen LogP contribution in [0.25, 0.3) is 61.7 Å². The number of fused-ring (bicyclic) bond motifs is 4. The molecule has 204 valence electrons. The van der Waals surface area contributed by atoms with Crippen molar-refractivity contribution < 1.29 is 9.59 Å². The molecule has 0 aliphatic carbocycles. The summed E-state index contributed by atoms with van der Waals surface area (Å²) in [5, 5.41) is 2.00. The van der Waals surface area contributed by atoms with Crippen LogP contribution < -0.4 is 0 Å². The Morgan fingerprint density at radius 1 is 0.512 bits per heavy atom. The maximum atomic E-state index is 13.4. The second kappa shape index (κ2) is 9.56. The van der Waals surface area contributed by atoms with Gasteiger partial charge in [0.1, 0.15) is 0 Å². The van der Waals surface area contributed by atoms with Gasteiger partial charge >= 0.3 is 0 Å². The van der Waals surface area contributed by atoms with E-state index in [2.05, 4.69) is 16.7 Å². The number of aromatic nitrogens is 4. The zero-order valence-corrected chi connectivity index (χ0v) is 23.1. The minimum atomic E-state index is -0.322. The van der Waals surface area contributed by atoms with E-state index >= 15 is 0 Å². The number of benzene rings is 5. The van der Waals surface area contributed by atoms with Crippen LogP contribution in [0.3, 0.4) is 0 Å². The molecule has 3 heterocycles. The molecule has 1 aliphatic heterocycles. The molecule has 0 bridgehead atoms. The molecule has 0 atom stereocenters. The lowest BCUT2D eigenvalue weighted by atomic mass is 10.1. The van der Waals surface area contributed by atoms with Crippen LogP contribution in [-0.4, -0.2) is 43.3 Å². The molecular formula is C36H23N5O2. The highest BCUT2D eigenvalue weighted by Gasteiger charge is 2.36. The molecule has 7 heteroatoms. The first-order valence-electron chi connectivity index (χ1n) is 14.0. The zero-order chi connectivity index (χ0) is 29.1. The van der Waals surface area contributed by atoms with Gasteiger partial charge in [-0.3, -0.25) is 14.5 Å². The maximum Gasteiger partial charge on any atom is 0.263 e. The van der Waals surface area contributed by atoms with Crippen LogP contribution in [0.2, 0.25) is 0 Å². The fraction of sp³-hybridized carbons (Fsp3) is 0.0278. The molecule has 43 heavy (non-hydrogen) atoms. The third-order valence-electron chi connectivity index (χ3n) is 7.97. The van der Waals surface area contributed by atoms with Crippen LogP contribution in [-0.2, 0) is 0 Å². The van der Waals surface area contributed by atoms with Crippen LogP contribution >= 0.6 is 0 Å². The highest BCUT2D eigenvalue weighted by Crippen LogP contribution is 2.40. The molecule has 2 aromatic heterocycles. The van der Waals surface area contributed by atoms with Crippen molar-refractivity contribution in [2.75, 3.05) is 7.05 Å². The average Bonchev–Trinajstić information content (AvgIpc) is 3.52. The topological polar surface area (TPSA) is 81.0 Å². The molecule has 0 saturated carbocycles. The van der Waals surface area contributed by atoms with Gasteiger partial charge in [-0.25, -0.2) is 15.0 Å². The van der Waals surface area contributed by atoms with Crippen molar-refractivity contribution in [3.63, 3.8) is 0 Å². The number of amides is 2. The van der Waals surface area contributed by atoms with E-state index < -0.39 is 0 Å². The highest BCUT2D eigenvalue weighted by molar-refractivity contribution is 6.23. The summed E-state index contributed by atoms with van der Waals surface area (Å²) in [6.07, 6.45) is 0. The van der Waals surface area contributed by atoms with E-state index in [1.165, 1.54) is 11.9 Å². The van der Waals surface area contributed by atoms with Crippen molar-refractivity contribution in [1.29, 1.82) is 0 Å². The molecule has 0 fully saturated rings. The van der Waals surface area contributed by atoms with Crippen molar-refractivity contribution in [1.82, 2.24) is 24.4 Å². The molecule has 0 radical (unpaired) electrons. The second-order valence-corrected chi connectivity index (χ2v) is 10.5. The fourth-order valence-electron chi connectivity index (χ4n) is 5.95. The maximum absolute atomic E-state index is 13.4. The molecule has 5 aromatic carbocycles. The smallest absolute Gasteiger partial charge is 0.263 e. The Morgan fingerprint density at radius 2 is 1.07 bits per heavy atom. The van der Waals surface area contributed by atoms with Gasteiger partial charge in [0.2, 0.25) is 0 Å². The number of carbonyl (C=O) groups excluding carboxylic acids is 2. The van der Waals surface area contributed by atoms with E-state index in [-0.39, 0.29) is 11.8 Å². The summed E-state index contributed by atoms with van der Waals surface area (Å²) in [6, 6.07) is 39.3. The molecule has 8 rings (SSSR count). The average molecular weight is 558 g/mol. The Hall–Kier alpha value is -5.95. The molecule has 0 saturated heterocycles. The van der Waals surface area contributed by atoms with E-state index in [0.717, 1.165) is 38.5 Å². The first-order valence-corrected chi connectivity index (χ1v) is 14.0. The van der Waals surface area contributed by atoms with Gasteiger partial charge in [-0.15, -0.1) is 0 Å². The van der Waals surface area contributed by atoms with E-state index in [4.69, 9.17) is 15.0 Å². The number of nitrogens with zero attached hydrogens (tertiary/aromatic N) is 5. The van der Waals surface area contributed by atoms with E-state index in [1.54, 1.807) is 6.07 Å². The Kier molecular flexibility index (Phi) is 5.52. The van der Waals surface area contributed by atoms with Gasteiger partial charge in [-0.05, 0) is 24.3 Å². The molecule has 0 unspecified atom stereocenters. The monoisotopic (exact) mass is 557 g/mol. The van der Waals surface area contributed by atoms with Gasteiger partial charge in [0.05, 0.1) is 27.8 Å². The number of carbonyl (C=O) groups is 2. The van der Waals surface area contributed by atoms with Crippen LogP contribution in [0.15, 0.2) is 121 Å². The molecule has 1 aliphatic rings. The number of imide groups is 1. The summed E-state index contributed by atoms with van der Waals surface area (Å²) in [5.74, 6) is 1.01. The number of para-hydroxylation sites is 2. The van der Waals surface area contributed by atoms with E-state index in [9.17, 15) is 9.59 Å². The number of hydrogen-bond acceptors (Lipinski definition) is 5. The van der Waals surface area contributed by atoms with Crippen molar-refractivity contribution >= 4 is 33.6 Å². The summed E-state index contributed by atoms with van der Waals surface area (Å²) < 4.78 is 2.07. The second-order valence-electron chi connectivity index (χ2n) is 10.5. The molecule has 2 amide bonds. The van der Waals surface area contributed by atoms with Gasteiger partial charge in [0, 0.05) is 34.5 Å². The van der Waals surface area contributed by atoms with E-state index in [1.807, 2.05) is 103 Å². The molecule has 7 nitrogen and oxygen atoms in total. The Labute approximate surface area is 246 Å². The number of rotatable bonds is 4. The highest BCUT2D eigenvalue weighted by atomic mass is 16.2. The predicted octanol–water partition coefficient (Wildman–Crippen LogP) is 7.20. The van der Waals surface area contributed by atoms with Crippen LogP contribution in [0.5, 0.6) is 0 Å². The predicted molar refractivity (Wildman–Crippen MR) is 167 cm³/mol. The van der Waals surface area contributed by atoms with Gasteiger partial charge in [0.25, 0.3) is 11.8 Å². The normalized spacial score (nSPS) is 12.8. The van der Waals surface area contributed by atoms with Crippen LogP contribution in [0, 0.1) is 0 Å². The SMILES string of the molecule is CN1C(=O)c2cccc(-n3c4ccccc4c4cccc(-c5nc(-c6ccccc6)nc(-c6ccccc6)n5)c43)c2C1=O. The first-order chi connectivity index (χ1) is 21.1. The Morgan fingerprint density at radius 3 is 1.77 bits per heavy atom. The summed E-state index contributed by atoms with van der Waals surface area (Å²) in [7, 11) is 1.52. The molecule has 7 aromatic rings. The van der Waals surface area contributed by atoms with Gasteiger partial charge in [-0.2, -0.15) is 0 Å². The standard InChI is InChI=1S/C36H23N5O2/c1-40-35(42)26-18-11-21-29(30(26)36(40)43)41-28-20-9-8-16-24(28)25-17-10-19-27(31(25)41)34-38-32(22-12-4-2-5-13-22)37-33(39-34)23-14-6-3-7-15-23/h2-21H,1H3. The lowest BCUT2D eigenvalue weighted by Crippen LogP contribution is -2.24. The largest absolute Gasteiger partial charge is 0.308 e. The van der Waals surface area contributed by atoms with Crippen molar-refractivity contribution in [3.05, 3.63) is 132 Å². The quantitative estimate of drug-likeness (QED) is 0.214. The van der Waals surface area contributed by atoms with Crippen molar-refractivity contribution in [3.8, 4) is 39.9 Å². The lowest BCUT2D eigenvalue weighted by molar-refractivity contribution is 0.0693. The zero-order valence-electron chi connectivity index (χ0n) is 23.1. The van der Waals surface area contributed by atoms with Gasteiger partial charge in [0.15, 0.2) is 17.5 Å². The minimum Gasteiger partial charge on any atom is -0.308 e. The number of hydrogen-bond donors (Lipinski definition) is 0. The Bertz CT molecular complexity index is 2180. The summed E-state index contributed by atoms with van der Waals surface area (Å²) >= 11 is 0. The summed E-state index contributed by atoms with van der Waals surface area (Å²) in [5.41, 5.74) is 5.72. The fourth-order valence-corrected chi connectivity index (χ4v) is 5.95. The molecule has 0 N–H and O–H groups in total. The summed E-state index contributed by atoms with van der Waals surface area (Å²) in [6.45, 7) is 0. The lowest BCUT2D eigenvalue weighted by Gasteiger charge is -2.14.